The van der Waals surface area contributed by atoms with E-state index in [0.717, 1.165) is 12.3 Å². The fraction of sp³-hybridized carbons (Fsp3) is 0.600. The third-order valence-corrected chi connectivity index (χ3v) is 6.09. The van der Waals surface area contributed by atoms with Crippen molar-refractivity contribution in [1.82, 2.24) is 9.55 Å². The van der Waals surface area contributed by atoms with Gasteiger partial charge in [0.2, 0.25) is 0 Å². The number of halogens is 2. The molecule has 27 heavy (non-hydrogen) atoms. The maximum Gasteiger partial charge on any atom is 0.481 e. The van der Waals surface area contributed by atoms with Gasteiger partial charge >= 0.3 is 21.3 Å². The van der Waals surface area contributed by atoms with Crippen LogP contribution in [0.2, 0.25) is 0 Å². The van der Waals surface area contributed by atoms with Gasteiger partial charge in [0, 0.05) is 6.20 Å². The molecule has 2 unspecified atom stereocenters. The highest BCUT2D eigenvalue weighted by atomic mass is 35.5. The van der Waals surface area contributed by atoms with E-state index in [0.29, 0.717) is 4.57 Å². The normalized spacial score (nSPS) is 31.0. The Labute approximate surface area is 155 Å². The molecule has 13 nitrogen and oxygen atoms in total. The maximum atomic E-state index is 14.5. The molecule has 5 atom stereocenters. The summed E-state index contributed by atoms with van der Waals surface area (Å²) in [4.78, 5) is 41.6. The highest BCUT2D eigenvalue weighted by Crippen LogP contribution is 2.58. The molecule has 2 rings (SSSR count). The molecule has 0 radical (unpaired) electrons. The topological polar surface area (TPSA) is 204 Å². The summed E-state index contributed by atoms with van der Waals surface area (Å²) in [6.45, 7) is -1.10. The summed E-state index contributed by atoms with van der Waals surface area (Å²) in [5, 5.41) is 10.1. The van der Waals surface area contributed by atoms with Crippen LogP contribution < -0.4 is 11.4 Å². The van der Waals surface area contributed by atoms with Crippen molar-refractivity contribution in [1.29, 1.82) is 0 Å². The fourth-order valence-corrected chi connectivity index (χ4v) is 4.21. The molecule has 1 saturated heterocycles. The second-order valence-electron chi connectivity index (χ2n) is 5.45. The Morgan fingerprint density at radius 3 is 2.59 bits per heavy atom. The van der Waals surface area contributed by atoms with E-state index in [1.54, 1.807) is 0 Å². The van der Waals surface area contributed by atoms with Crippen LogP contribution in [-0.2, 0) is 22.7 Å². The Morgan fingerprint density at radius 2 is 2.07 bits per heavy atom. The highest BCUT2D eigenvalue weighted by Gasteiger charge is 2.57. The van der Waals surface area contributed by atoms with Gasteiger partial charge in [-0.25, -0.2) is 18.3 Å². The van der Waals surface area contributed by atoms with Crippen molar-refractivity contribution in [2.45, 2.75) is 24.1 Å². The zero-order valence-electron chi connectivity index (χ0n) is 13.2. The molecule has 0 saturated carbocycles. The van der Waals surface area contributed by atoms with Gasteiger partial charge in [-0.05, 0) is 6.07 Å². The van der Waals surface area contributed by atoms with Gasteiger partial charge in [0.25, 0.3) is 0 Å². The van der Waals surface area contributed by atoms with Gasteiger partial charge in [-0.1, -0.05) is 0 Å². The molecular formula is C10H15ClFN3O10P2. The Bertz CT molecular complexity index is 851. The minimum absolute atomic E-state index is 0.145. The molecule has 0 spiro atoms. The molecule has 6 N–H and O–H groups in total. The van der Waals surface area contributed by atoms with Crippen LogP contribution >= 0.6 is 27.2 Å². The number of aromatic nitrogens is 2. The van der Waals surface area contributed by atoms with Crippen molar-refractivity contribution in [2.75, 3.05) is 18.2 Å². The summed E-state index contributed by atoms with van der Waals surface area (Å²) in [7, 11) is -10.7. The molecule has 1 aliphatic heterocycles. The van der Waals surface area contributed by atoms with Crippen LogP contribution in [0.4, 0.5) is 10.2 Å². The summed E-state index contributed by atoms with van der Waals surface area (Å²) >= 11 is 5.68. The minimum Gasteiger partial charge on any atom is -0.387 e. The molecule has 0 amide bonds. The summed E-state index contributed by atoms with van der Waals surface area (Å²) < 4.78 is 50.6. The number of aliphatic hydroxyl groups is 1. The van der Waals surface area contributed by atoms with Gasteiger partial charge in [-0.15, -0.1) is 11.6 Å². The highest BCUT2D eigenvalue weighted by molar-refractivity contribution is 7.60. The predicted molar refractivity (Wildman–Crippen MR) is 86.3 cm³/mol. The lowest BCUT2D eigenvalue weighted by molar-refractivity contribution is -0.113. The van der Waals surface area contributed by atoms with Gasteiger partial charge in [0.1, 0.15) is 17.5 Å². The number of nitrogens with zero attached hydrogens (tertiary/aromatic N) is 2. The van der Waals surface area contributed by atoms with E-state index in [2.05, 4.69) is 13.8 Å². The first-order chi connectivity index (χ1) is 12.3. The first-order valence-corrected chi connectivity index (χ1v) is 10.5. The summed E-state index contributed by atoms with van der Waals surface area (Å²) in [5.41, 5.74) is 2.18. The molecule has 1 aliphatic rings. The number of alkyl halides is 2. The summed E-state index contributed by atoms with van der Waals surface area (Å²) in [5.74, 6) is -0.828. The quantitative estimate of drug-likeness (QED) is 0.256. The number of rotatable bonds is 7. The maximum absolute atomic E-state index is 14.5. The lowest BCUT2D eigenvalue weighted by Gasteiger charge is -2.29. The Hall–Kier alpha value is -0.920. The Kier molecular flexibility index (Phi) is 6.49. The van der Waals surface area contributed by atoms with Crippen LogP contribution in [0.15, 0.2) is 17.1 Å². The molecule has 1 aromatic rings. The van der Waals surface area contributed by atoms with Gasteiger partial charge in [-0.3, -0.25) is 9.09 Å². The smallest absolute Gasteiger partial charge is 0.387 e. The molecule has 1 fully saturated rings. The molecule has 154 valence electrons. The SMILES string of the molecule is Nc1ccn(C2O[C@](CCl)(COP(=O)(O)OP(=O)(O)O)[C@@H](O)[C@H]2F)c(=O)n1. The average Bonchev–Trinajstić information content (AvgIpc) is 2.76. The second-order valence-corrected chi connectivity index (χ2v) is 8.55. The molecule has 0 bridgehead atoms. The number of aliphatic hydroxyl groups excluding tert-OH is 1. The number of nitrogens with two attached hydrogens (primary N) is 1. The summed E-state index contributed by atoms with van der Waals surface area (Å²) in [6.07, 6.45) is -4.97. The van der Waals surface area contributed by atoms with Gasteiger partial charge in [0.15, 0.2) is 12.4 Å². The summed E-state index contributed by atoms with van der Waals surface area (Å²) in [6, 6.07) is 1.16. The Morgan fingerprint density at radius 1 is 1.44 bits per heavy atom. The van der Waals surface area contributed by atoms with Crippen LogP contribution in [-0.4, -0.2) is 59.7 Å². The Balaban J connectivity index is 2.25. The standard InChI is InChI=1S/C10H15ClFN3O10P2/c11-3-10(4-23-27(21,22)25-26(18,19)20)7(16)6(12)8(24-10)15-2-1-5(13)14-9(15)17/h1-2,6-8,16H,3-4H2,(H,21,22)(H2,13,14,17)(H2,18,19,20)/t6-,7+,8?,10-/m1/s1. The molecule has 0 aromatic carbocycles. The van der Waals surface area contributed by atoms with E-state index in [-0.39, 0.29) is 5.82 Å². The van der Waals surface area contributed by atoms with Gasteiger partial charge < -0.3 is 30.3 Å². The van der Waals surface area contributed by atoms with E-state index in [9.17, 15) is 28.3 Å². The largest absolute Gasteiger partial charge is 0.481 e. The van der Waals surface area contributed by atoms with E-state index in [4.69, 9.17) is 31.9 Å². The van der Waals surface area contributed by atoms with Crippen molar-refractivity contribution < 1.29 is 46.9 Å². The van der Waals surface area contributed by atoms with Crippen LogP contribution in [0, 0.1) is 0 Å². The minimum atomic E-state index is -5.39. The van der Waals surface area contributed by atoms with Crippen molar-refractivity contribution in [3.05, 3.63) is 22.7 Å². The lowest BCUT2D eigenvalue weighted by atomic mass is 9.99. The number of hydrogen-bond donors (Lipinski definition) is 5. The molecule has 1 aromatic heterocycles. The van der Waals surface area contributed by atoms with Crippen LogP contribution in [0.25, 0.3) is 0 Å². The van der Waals surface area contributed by atoms with Crippen molar-refractivity contribution >= 4 is 33.1 Å². The van der Waals surface area contributed by atoms with Gasteiger partial charge in [0.05, 0.1) is 12.5 Å². The van der Waals surface area contributed by atoms with Crippen molar-refractivity contribution in [3.63, 3.8) is 0 Å². The van der Waals surface area contributed by atoms with Crippen molar-refractivity contribution in [3.8, 4) is 0 Å². The van der Waals surface area contributed by atoms with Crippen LogP contribution in [0.3, 0.4) is 0 Å². The van der Waals surface area contributed by atoms with E-state index in [1.165, 1.54) is 0 Å². The third-order valence-electron chi connectivity index (χ3n) is 3.50. The molecule has 2 heterocycles. The monoisotopic (exact) mass is 453 g/mol. The first-order valence-electron chi connectivity index (χ1n) is 6.95. The van der Waals surface area contributed by atoms with E-state index < -0.39 is 57.9 Å². The van der Waals surface area contributed by atoms with Crippen LogP contribution in [0.1, 0.15) is 6.23 Å². The molecular weight excluding hydrogens is 439 g/mol. The average molecular weight is 454 g/mol. The molecule has 0 aliphatic carbocycles. The third kappa shape index (κ3) is 5.12. The zero-order chi connectivity index (χ0) is 20.6. The van der Waals surface area contributed by atoms with E-state index >= 15 is 0 Å². The number of phosphoric acid groups is 2. The number of nitrogen functional groups attached to an aromatic ring is 1. The number of phosphoric ester groups is 1. The first kappa shape index (κ1) is 22.4. The second kappa shape index (κ2) is 7.84. The van der Waals surface area contributed by atoms with E-state index in [1.807, 2.05) is 0 Å². The zero-order valence-corrected chi connectivity index (χ0v) is 15.7. The number of hydrogen-bond acceptors (Lipinski definition) is 9. The van der Waals surface area contributed by atoms with Crippen molar-refractivity contribution in [2.24, 2.45) is 0 Å². The van der Waals surface area contributed by atoms with Crippen LogP contribution in [0.5, 0.6) is 0 Å². The predicted octanol–water partition coefficient (Wildman–Crippen LogP) is -0.743. The lowest BCUT2D eigenvalue weighted by Crippen LogP contribution is -2.47. The molecule has 17 heteroatoms. The fourth-order valence-electron chi connectivity index (χ4n) is 2.27. The number of ether oxygens (including phenoxy) is 1. The number of anilines is 1. The van der Waals surface area contributed by atoms with Gasteiger partial charge in [-0.2, -0.15) is 9.29 Å².